The summed E-state index contributed by atoms with van der Waals surface area (Å²) in [4.78, 5) is 0. The number of rotatable bonds is 4. The van der Waals surface area contributed by atoms with E-state index in [-0.39, 0.29) is 12.6 Å². The summed E-state index contributed by atoms with van der Waals surface area (Å²) in [6, 6.07) is 9.58. The molecule has 1 atom stereocenters. The first-order valence-corrected chi connectivity index (χ1v) is 4.59. The number of aliphatic hydroxyl groups is 1. The smallest absolute Gasteiger partial charge is 0.0991 e. The number of nitrogens with one attached hydrogen (secondary N) is 1. The van der Waals surface area contributed by atoms with Crippen LogP contribution in [0.5, 0.6) is 0 Å². The Bertz CT molecular complexity index is 313. The lowest BCUT2D eigenvalue weighted by Gasteiger charge is -2.10. The van der Waals surface area contributed by atoms with Gasteiger partial charge in [-0.2, -0.15) is 5.26 Å². The van der Waals surface area contributed by atoms with Gasteiger partial charge in [0.2, 0.25) is 0 Å². The summed E-state index contributed by atoms with van der Waals surface area (Å²) >= 11 is 0. The van der Waals surface area contributed by atoms with Crippen molar-refractivity contribution in [1.29, 1.82) is 5.26 Å². The van der Waals surface area contributed by atoms with Gasteiger partial charge in [0.1, 0.15) is 0 Å². The minimum atomic E-state index is 0.102. The van der Waals surface area contributed by atoms with E-state index in [0.717, 1.165) is 5.56 Å². The van der Waals surface area contributed by atoms with Crippen LogP contribution in [0.15, 0.2) is 24.3 Å². The fraction of sp³-hybridized carbons (Fsp3) is 0.364. The molecular formula is C11H14N2O. The van der Waals surface area contributed by atoms with Crippen molar-refractivity contribution in [2.75, 3.05) is 6.61 Å². The zero-order valence-corrected chi connectivity index (χ0v) is 8.20. The Balaban J connectivity index is 2.49. The van der Waals surface area contributed by atoms with Gasteiger partial charge in [-0.15, -0.1) is 0 Å². The number of hydrogen-bond donors (Lipinski definition) is 2. The maximum absolute atomic E-state index is 8.79. The van der Waals surface area contributed by atoms with Gasteiger partial charge in [-0.05, 0) is 24.6 Å². The second kappa shape index (κ2) is 5.38. The number of nitrogens with zero attached hydrogens (tertiary/aromatic N) is 1. The highest BCUT2D eigenvalue weighted by Gasteiger charge is 1.98. The van der Waals surface area contributed by atoms with Crippen molar-refractivity contribution >= 4 is 0 Å². The maximum atomic E-state index is 8.79. The SMILES string of the molecule is C[C@@H](CO)NCc1ccc(C#N)cc1. The number of hydrogen-bond acceptors (Lipinski definition) is 3. The summed E-state index contributed by atoms with van der Waals surface area (Å²) in [7, 11) is 0. The van der Waals surface area contributed by atoms with Crippen molar-refractivity contribution in [1.82, 2.24) is 5.32 Å². The lowest BCUT2D eigenvalue weighted by molar-refractivity contribution is 0.251. The molecule has 1 aromatic rings. The van der Waals surface area contributed by atoms with Gasteiger partial charge >= 0.3 is 0 Å². The van der Waals surface area contributed by atoms with Crippen LogP contribution >= 0.6 is 0 Å². The molecule has 0 aliphatic heterocycles. The van der Waals surface area contributed by atoms with E-state index < -0.39 is 0 Å². The van der Waals surface area contributed by atoms with Crippen LogP contribution in [0.25, 0.3) is 0 Å². The molecule has 14 heavy (non-hydrogen) atoms. The van der Waals surface area contributed by atoms with Crippen LogP contribution in [-0.4, -0.2) is 17.8 Å². The molecule has 0 unspecified atom stereocenters. The Hall–Kier alpha value is -1.37. The van der Waals surface area contributed by atoms with Gasteiger partial charge < -0.3 is 10.4 Å². The fourth-order valence-corrected chi connectivity index (χ4v) is 1.05. The molecule has 0 heterocycles. The third kappa shape index (κ3) is 3.17. The normalized spacial score (nSPS) is 12.1. The Morgan fingerprint density at radius 3 is 2.57 bits per heavy atom. The first-order chi connectivity index (χ1) is 6.76. The van der Waals surface area contributed by atoms with Crippen molar-refractivity contribution in [2.24, 2.45) is 0 Å². The number of benzene rings is 1. The molecular weight excluding hydrogens is 176 g/mol. The first kappa shape index (κ1) is 10.7. The highest BCUT2D eigenvalue weighted by Crippen LogP contribution is 2.02. The van der Waals surface area contributed by atoms with E-state index in [0.29, 0.717) is 12.1 Å². The Labute approximate surface area is 84.0 Å². The maximum Gasteiger partial charge on any atom is 0.0991 e. The molecule has 0 radical (unpaired) electrons. The molecule has 2 N–H and O–H groups in total. The highest BCUT2D eigenvalue weighted by molar-refractivity contribution is 5.31. The minimum absolute atomic E-state index is 0.102. The van der Waals surface area contributed by atoms with Gasteiger partial charge in [-0.25, -0.2) is 0 Å². The average Bonchev–Trinajstić information content (AvgIpc) is 2.26. The Morgan fingerprint density at radius 2 is 2.07 bits per heavy atom. The first-order valence-electron chi connectivity index (χ1n) is 4.59. The van der Waals surface area contributed by atoms with E-state index in [2.05, 4.69) is 11.4 Å². The molecule has 1 rings (SSSR count). The molecule has 1 aromatic carbocycles. The third-order valence-corrected chi connectivity index (χ3v) is 2.01. The molecule has 0 spiro atoms. The largest absolute Gasteiger partial charge is 0.395 e. The molecule has 74 valence electrons. The van der Waals surface area contributed by atoms with Gasteiger partial charge in [-0.1, -0.05) is 12.1 Å². The summed E-state index contributed by atoms with van der Waals surface area (Å²) in [5, 5.41) is 20.5. The van der Waals surface area contributed by atoms with Crippen LogP contribution in [0.1, 0.15) is 18.1 Å². The topological polar surface area (TPSA) is 56.0 Å². The summed E-state index contributed by atoms with van der Waals surface area (Å²) in [5.41, 5.74) is 1.79. The van der Waals surface area contributed by atoms with Crippen LogP contribution in [0, 0.1) is 11.3 Å². The van der Waals surface area contributed by atoms with Crippen LogP contribution in [0.2, 0.25) is 0 Å². The van der Waals surface area contributed by atoms with E-state index in [1.807, 2.05) is 19.1 Å². The van der Waals surface area contributed by atoms with Crippen molar-refractivity contribution in [2.45, 2.75) is 19.5 Å². The quantitative estimate of drug-likeness (QED) is 0.745. The average molecular weight is 190 g/mol. The second-order valence-electron chi connectivity index (χ2n) is 3.27. The van der Waals surface area contributed by atoms with Crippen LogP contribution in [-0.2, 0) is 6.54 Å². The molecule has 0 fully saturated rings. The third-order valence-electron chi connectivity index (χ3n) is 2.01. The molecule has 0 aliphatic carbocycles. The van der Waals surface area contributed by atoms with E-state index >= 15 is 0 Å². The minimum Gasteiger partial charge on any atom is -0.395 e. The fourth-order valence-electron chi connectivity index (χ4n) is 1.05. The molecule has 0 aromatic heterocycles. The monoisotopic (exact) mass is 190 g/mol. The van der Waals surface area contributed by atoms with E-state index in [1.54, 1.807) is 12.1 Å². The van der Waals surface area contributed by atoms with E-state index in [1.165, 1.54) is 0 Å². The highest BCUT2D eigenvalue weighted by atomic mass is 16.3. The summed E-state index contributed by atoms with van der Waals surface area (Å²) in [6.45, 7) is 2.77. The summed E-state index contributed by atoms with van der Waals surface area (Å²) in [6.07, 6.45) is 0. The van der Waals surface area contributed by atoms with Gasteiger partial charge in [0.25, 0.3) is 0 Å². The predicted molar refractivity (Wildman–Crippen MR) is 54.5 cm³/mol. The van der Waals surface area contributed by atoms with E-state index in [9.17, 15) is 0 Å². The summed E-state index contributed by atoms with van der Waals surface area (Å²) < 4.78 is 0. The number of aliphatic hydroxyl groups excluding tert-OH is 1. The van der Waals surface area contributed by atoms with Crippen molar-refractivity contribution in [3.63, 3.8) is 0 Å². The lowest BCUT2D eigenvalue weighted by atomic mass is 10.1. The number of nitriles is 1. The Morgan fingerprint density at radius 1 is 1.43 bits per heavy atom. The van der Waals surface area contributed by atoms with Crippen molar-refractivity contribution < 1.29 is 5.11 Å². The zero-order valence-electron chi connectivity index (χ0n) is 8.20. The van der Waals surface area contributed by atoms with Crippen molar-refractivity contribution in [3.8, 4) is 6.07 Å². The van der Waals surface area contributed by atoms with Crippen LogP contribution in [0.4, 0.5) is 0 Å². The lowest BCUT2D eigenvalue weighted by Crippen LogP contribution is -2.28. The zero-order chi connectivity index (χ0) is 10.4. The molecule has 0 saturated heterocycles. The van der Waals surface area contributed by atoms with Gasteiger partial charge in [0.15, 0.2) is 0 Å². The molecule has 3 heteroatoms. The summed E-state index contributed by atoms with van der Waals surface area (Å²) in [5.74, 6) is 0. The van der Waals surface area contributed by atoms with Gasteiger partial charge in [-0.3, -0.25) is 0 Å². The van der Waals surface area contributed by atoms with Crippen LogP contribution in [0.3, 0.4) is 0 Å². The van der Waals surface area contributed by atoms with E-state index in [4.69, 9.17) is 10.4 Å². The van der Waals surface area contributed by atoms with Crippen molar-refractivity contribution in [3.05, 3.63) is 35.4 Å². The second-order valence-corrected chi connectivity index (χ2v) is 3.27. The molecule has 0 aliphatic rings. The van der Waals surface area contributed by atoms with Gasteiger partial charge in [0.05, 0.1) is 18.2 Å². The molecule has 0 saturated carbocycles. The molecule has 0 bridgehead atoms. The molecule has 3 nitrogen and oxygen atoms in total. The predicted octanol–water partition coefficient (Wildman–Crippen LogP) is 1.03. The standard InChI is InChI=1S/C11H14N2O/c1-9(8-14)13-7-11-4-2-10(6-12)3-5-11/h2-5,9,13-14H,7-8H2,1H3/t9-/m0/s1. The van der Waals surface area contributed by atoms with Crippen LogP contribution < -0.4 is 5.32 Å². The Kier molecular flexibility index (Phi) is 4.11. The molecule has 0 amide bonds. The van der Waals surface area contributed by atoms with Gasteiger partial charge in [0, 0.05) is 12.6 Å².